The minimum atomic E-state index is -1.10. The van der Waals surface area contributed by atoms with Crippen LogP contribution in [0.25, 0.3) is 0 Å². The van der Waals surface area contributed by atoms with E-state index in [9.17, 15) is 14.7 Å². The van der Waals surface area contributed by atoms with Crippen LogP contribution in [0.5, 0.6) is 0 Å². The number of carboxylic acids is 1. The minimum Gasteiger partial charge on any atom is -0.477 e. The molecule has 6 heteroatoms. The average molecular weight is 314 g/mol. The van der Waals surface area contributed by atoms with Crippen LogP contribution >= 0.6 is 11.8 Å². The van der Waals surface area contributed by atoms with Crippen LogP contribution in [-0.2, 0) is 9.59 Å². The first-order valence-corrected chi connectivity index (χ1v) is 7.80. The second kappa shape index (κ2) is 5.81. The third-order valence-corrected chi connectivity index (χ3v) is 4.89. The molecule has 0 radical (unpaired) electrons. The van der Waals surface area contributed by atoms with Gasteiger partial charge in [-0.15, -0.1) is 11.8 Å². The lowest BCUT2D eigenvalue weighted by Crippen LogP contribution is -2.64. The SMILES string of the molecule is C=CC1=C(C(=O)O)N2C(=O)C(N=Cc3ccccc3)[C@H]2SC1. The first kappa shape index (κ1) is 14.6. The van der Waals surface area contributed by atoms with Crippen LogP contribution < -0.4 is 0 Å². The van der Waals surface area contributed by atoms with Gasteiger partial charge >= 0.3 is 5.97 Å². The molecule has 112 valence electrons. The molecular weight excluding hydrogens is 300 g/mol. The average Bonchev–Trinajstić information content (AvgIpc) is 2.54. The van der Waals surface area contributed by atoms with Crippen molar-refractivity contribution in [1.29, 1.82) is 0 Å². The number of benzene rings is 1. The van der Waals surface area contributed by atoms with Gasteiger partial charge in [0, 0.05) is 12.0 Å². The summed E-state index contributed by atoms with van der Waals surface area (Å²) in [6, 6.07) is 8.98. The molecule has 1 fully saturated rings. The Hall–Kier alpha value is -2.34. The minimum absolute atomic E-state index is 0.0370. The number of nitrogens with zero attached hydrogens (tertiary/aromatic N) is 2. The number of amides is 1. The highest BCUT2D eigenvalue weighted by Gasteiger charge is 2.53. The predicted molar refractivity (Wildman–Crippen MR) is 85.8 cm³/mol. The fourth-order valence-corrected chi connectivity index (χ4v) is 3.82. The summed E-state index contributed by atoms with van der Waals surface area (Å²) in [7, 11) is 0. The summed E-state index contributed by atoms with van der Waals surface area (Å²) in [5.74, 6) is -0.850. The third kappa shape index (κ3) is 2.35. The number of fused-ring (bicyclic) bond motifs is 1. The Labute approximate surface area is 132 Å². The highest BCUT2D eigenvalue weighted by Crippen LogP contribution is 2.41. The molecule has 3 rings (SSSR count). The molecular formula is C16H14N2O3S. The van der Waals surface area contributed by atoms with Crippen molar-refractivity contribution in [1.82, 2.24) is 4.90 Å². The summed E-state index contributed by atoms with van der Waals surface area (Å²) < 4.78 is 0. The topological polar surface area (TPSA) is 70.0 Å². The fraction of sp³-hybridized carbons (Fsp3) is 0.188. The van der Waals surface area contributed by atoms with E-state index in [1.54, 1.807) is 6.21 Å². The molecule has 1 amide bonds. The van der Waals surface area contributed by atoms with Crippen LogP contribution in [0.4, 0.5) is 0 Å². The molecule has 22 heavy (non-hydrogen) atoms. The summed E-state index contributed by atoms with van der Waals surface area (Å²) in [4.78, 5) is 29.3. The molecule has 0 aromatic heterocycles. The number of carboxylic acid groups (broad SMARTS) is 1. The zero-order valence-electron chi connectivity index (χ0n) is 11.7. The van der Waals surface area contributed by atoms with Gasteiger partial charge in [-0.3, -0.25) is 14.7 Å². The number of aliphatic carboxylic acids is 1. The largest absolute Gasteiger partial charge is 0.477 e. The molecule has 1 N–H and O–H groups in total. The Bertz CT molecular complexity index is 697. The Morgan fingerprint density at radius 3 is 2.77 bits per heavy atom. The van der Waals surface area contributed by atoms with E-state index in [1.807, 2.05) is 30.3 Å². The highest BCUT2D eigenvalue weighted by molar-refractivity contribution is 8.00. The van der Waals surface area contributed by atoms with Gasteiger partial charge in [-0.05, 0) is 11.1 Å². The second-order valence-corrected chi connectivity index (χ2v) is 6.03. The Balaban J connectivity index is 1.82. The highest BCUT2D eigenvalue weighted by atomic mass is 32.2. The van der Waals surface area contributed by atoms with E-state index in [1.165, 1.54) is 22.7 Å². The van der Waals surface area contributed by atoms with Crippen molar-refractivity contribution in [2.75, 3.05) is 5.75 Å². The predicted octanol–water partition coefficient (Wildman–Crippen LogP) is 1.91. The van der Waals surface area contributed by atoms with E-state index in [4.69, 9.17) is 0 Å². The maximum Gasteiger partial charge on any atom is 0.352 e. The lowest BCUT2D eigenvalue weighted by molar-refractivity contribution is -0.147. The maximum absolute atomic E-state index is 12.3. The smallest absolute Gasteiger partial charge is 0.352 e. The quantitative estimate of drug-likeness (QED) is 0.681. The summed E-state index contributed by atoms with van der Waals surface area (Å²) in [5, 5.41) is 9.08. The van der Waals surface area contributed by atoms with Gasteiger partial charge in [0.2, 0.25) is 0 Å². The number of rotatable bonds is 4. The number of hydrogen-bond donors (Lipinski definition) is 1. The van der Waals surface area contributed by atoms with Crippen molar-refractivity contribution in [3.05, 3.63) is 59.8 Å². The summed E-state index contributed by atoms with van der Waals surface area (Å²) in [5.41, 5.74) is 1.53. The lowest BCUT2D eigenvalue weighted by atomic mass is 10.0. The summed E-state index contributed by atoms with van der Waals surface area (Å²) in [6.07, 6.45) is 3.16. The molecule has 0 saturated carbocycles. The molecule has 1 aromatic rings. The molecule has 1 aromatic carbocycles. The van der Waals surface area contributed by atoms with Crippen molar-refractivity contribution in [2.24, 2.45) is 4.99 Å². The molecule has 0 spiro atoms. The summed E-state index contributed by atoms with van der Waals surface area (Å²) >= 11 is 1.51. The molecule has 0 aliphatic carbocycles. The van der Waals surface area contributed by atoms with Crippen LogP contribution in [0.3, 0.4) is 0 Å². The lowest BCUT2D eigenvalue weighted by Gasteiger charge is -2.47. The maximum atomic E-state index is 12.3. The van der Waals surface area contributed by atoms with E-state index in [0.717, 1.165) is 5.56 Å². The van der Waals surface area contributed by atoms with Gasteiger partial charge in [0.25, 0.3) is 5.91 Å². The van der Waals surface area contributed by atoms with Crippen molar-refractivity contribution in [3.8, 4) is 0 Å². The number of hydrogen-bond acceptors (Lipinski definition) is 4. The van der Waals surface area contributed by atoms with Gasteiger partial charge in [0.05, 0.1) is 0 Å². The van der Waals surface area contributed by atoms with Gasteiger partial charge in [-0.25, -0.2) is 4.79 Å². The number of carbonyl (C=O) groups is 2. The molecule has 2 aliphatic rings. The number of allylic oxidation sites excluding steroid dienone is 1. The van der Waals surface area contributed by atoms with E-state index >= 15 is 0 Å². The Morgan fingerprint density at radius 1 is 1.41 bits per heavy atom. The molecule has 2 aliphatic heterocycles. The van der Waals surface area contributed by atoms with E-state index < -0.39 is 12.0 Å². The zero-order chi connectivity index (χ0) is 15.7. The van der Waals surface area contributed by atoms with Gasteiger partial charge in [0.15, 0.2) is 6.04 Å². The monoisotopic (exact) mass is 314 g/mol. The van der Waals surface area contributed by atoms with E-state index in [2.05, 4.69) is 11.6 Å². The van der Waals surface area contributed by atoms with Crippen LogP contribution in [0.1, 0.15) is 5.56 Å². The number of β-lactam (4-membered cyclic amide) rings is 1. The van der Waals surface area contributed by atoms with Gasteiger partial charge in [-0.2, -0.15) is 0 Å². The van der Waals surface area contributed by atoms with Gasteiger partial charge in [-0.1, -0.05) is 43.0 Å². The van der Waals surface area contributed by atoms with Crippen molar-refractivity contribution in [2.45, 2.75) is 11.4 Å². The van der Waals surface area contributed by atoms with Crippen LogP contribution in [-0.4, -0.2) is 45.3 Å². The summed E-state index contributed by atoms with van der Waals surface area (Å²) in [6.45, 7) is 3.62. The number of carbonyl (C=O) groups excluding carboxylic acids is 1. The van der Waals surface area contributed by atoms with E-state index in [0.29, 0.717) is 11.3 Å². The molecule has 2 heterocycles. The fourth-order valence-electron chi connectivity index (χ4n) is 2.49. The molecule has 1 unspecified atom stereocenters. The normalized spacial score (nSPS) is 24.2. The van der Waals surface area contributed by atoms with Crippen LogP contribution in [0, 0.1) is 0 Å². The van der Waals surface area contributed by atoms with Crippen LogP contribution in [0.15, 0.2) is 59.2 Å². The molecule has 0 bridgehead atoms. The molecule has 2 atom stereocenters. The molecule has 1 saturated heterocycles. The van der Waals surface area contributed by atoms with Gasteiger partial charge < -0.3 is 5.11 Å². The van der Waals surface area contributed by atoms with Crippen LogP contribution in [0.2, 0.25) is 0 Å². The Kier molecular flexibility index (Phi) is 3.85. The van der Waals surface area contributed by atoms with Crippen molar-refractivity contribution in [3.63, 3.8) is 0 Å². The zero-order valence-corrected chi connectivity index (χ0v) is 12.5. The number of thioether (sulfide) groups is 1. The van der Waals surface area contributed by atoms with E-state index in [-0.39, 0.29) is 17.0 Å². The third-order valence-electron chi connectivity index (χ3n) is 3.60. The number of aliphatic imine (C=N–C) groups is 1. The van der Waals surface area contributed by atoms with Crippen molar-refractivity contribution < 1.29 is 14.7 Å². The second-order valence-electron chi connectivity index (χ2n) is 4.93. The molecule has 5 nitrogen and oxygen atoms in total. The van der Waals surface area contributed by atoms with Crippen molar-refractivity contribution >= 4 is 29.9 Å². The Morgan fingerprint density at radius 2 is 2.14 bits per heavy atom. The standard InChI is InChI=1S/C16H14N2O3S/c1-2-11-9-22-15-12(14(19)18(15)13(11)16(20)21)17-8-10-6-4-3-5-7-10/h2-8,12,15H,1,9H2,(H,20,21)/t12?,15-/m1/s1. The first-order valence-electron chi connectivity index (χ1n) is 6.75. The first-order chi connectivity index (χ1) is 10.6. The van der Waals surface area contributed by atoms with Gasteiger partial charge in [0.1, 0.15) is 11.1 Å².